The van der Waals surface area contributed by atoms with Crippen molar-refractivity contribution in [1.29, 1.82) is 0 Å². The first-order valence-corrected chi connectivity index (χ1v) is 15.7. The molecule has 0 atom stereocenters. The molecule has 3 amide bonds. The molecule has 48 heavy (non-hydrogen) atoms. The lowest BCUT2D eigenvalue weighted by molar-refractivity contribution is -0.114. The van der Waals surface area contributed by atoms with Crippen molar-refractivity contribution in [2.24, 2.45) is 0 Å². The highest BCUT2D eigenvalue weighted by molar-refractivity contribution is 8.00. The molecule has 0 unspecified atom stereocenters. The molecule has 250 valence electrons. The van der Waals surface area contributed by atoms with Crippen molar-refractivity contribution in [3.8, 4) is 28.7 Å². The number of amides is 3. The van der Waals surface area contributed by atoms with E-state index in [1.165, 1.54) is 53.4 Å². The van der Waals surface area contributed by atoms with Crippen LogP contribution in [-0.4, -0.2) is 59.0 Å². The predicted molar refractivity (Wildman–Crippen MR) is 187 cm³/mol. The van der Waals surface area contributed by atoms with Crippen molar-refractivity contribution < 1.29 is 38.1 Å². The molecule has 0 saturated heterocycles. The lowest BCUT2D eigenvalue weighted by Crippen LogP contribution is -2.30. The van der Waals surface area contributed by atoms with Gasteiger partial charge in [0, 0.05) is 33.8 Å². The molecule has 0 aliphatic rings. The highest BCUT2D eigenvalue weighted by Crippen LogP contribution is 2.37. The van der Waals surface area contributed by atoms with Crippen LogP contribution in [0.1, 0.15) is 15.9 Å². The van der Waals surface area contributed by atoms with E-state index in [0.29, 0.717) is 61.2 Å². The van der Waals surface area contributed by atoms with E-state index in [4.69, 9.17) is 35.3 Å². The Labute approximate surface area is 287 Å². The van der Waals surface area contributed by atoms with E-state index < -0.39 is 11.8 Å². The quantitative estimate of drug-likeness (QED) is 0.0998. The Morgan fingerprint density at radius 1 is 0.708 bits per heavy atom. The fourth-order valence-corrected chi connectivity index (χ4v) is 5.41. The van der Waals surface area contributed by atoms with Crippen molar-refractivity contribution in [1.82, 2.24) is 5.32 Å². The number of nitrogens with one attached hydrogen (secondary N) is 3. The first-order chi connectivity index (χ1) is 23.2. The first kappa shape index (κ1) is 35.5. The summed E-state index contributed by atoms with van der Waals surface area (Å²) in [4.78, 5) is 40.3. The summed E-state index contributed by atoms with van der Waals surface area (Å²) in [6, 6.07) is 21.9. The van der Waals surface area contributed by atoms with E-state index in [9.17, 15) is 14.4 Å². The molecular formula is C35H34ClN3O8S. The lowest BCUT2D eigenvalue weighted by atomic mass is 10.1. The minimum Gasteiger partial charge on any atom is -0.496 e. The summed E-state index contributed by atoms with van der Waals surface area (Å²) in [6.07, 6.45) is 1.49. The standard InChI is InChI=1S/C35H34ClN3O8S/c1-43-28-18-32(47-5)31(46-4)15-22(28)14-27(39-34(41)21-10-7-6-8-11-21)35(42)37-23-12-9-13-24(16-23)48-20-33(40)38-26-17-25(36)29(44-2)19-30(26)45-3/h6-19H,20H2,1-5H3,(H,37,42)(H,38,40)(H,39,41)/b27-14+. The third kappa shape index (κ3) is 9.14. The fourth-order valence-electron chi connectivity index (χ4n) is 4.42. The molecule has 0 spiro atoms. The Morgan fingerprint density at radius 3 is 2.02 bits per heavy atom. The second-order valence-electron chi connectivity index (χ2n) is 9.83. The zero-order valence-corrected chi connectivity index (χ0v) is 28.4. The topological polar surface area (TPSA) is 133 Å². The van der Waals surface area contributed by atoms with Crippen molar-refractivity contribution in [2.75, 3.05) is 51.9 Å². The zero-order chi connectivity index (χ0) is 34.6. The van der Waals surface area contributed by atoms with Crippen LogP contribution in [-0.2, 0) is 9.59 Å². The van der Waals surface area contributed by atoms with Gasteiger partial charge in [-0.05, 0) is 48.5 Å². The van der Waals surface area contributed by atoms with E-state index in [1.54, 1.807) is 78.9 Å². The molecule has 0 radical (unpaired) electrons. The van der Waals surface area contributed by atoms with E-state index in [0.717, 1.165) is 0 Å². The number of carbonyl (C=O) groups is 3. The molecule has 0 fully saturated rings. The number of ether oxygens (including phenoxy) is 5. The summed E-state index contributed by atoms with van der Waals surface area (Å²) in [7, 11) is 7.43. The van der Waals surface area contributed by atoms with Crippen LogP contribution in [0.2, 0.25) is 5.02 Å². The van der Waals surface area contributed by atoms with Crippen LogP contribution in [0.3, 0.4) is 0 Å². The van der Waals surface area contributed by atoms with Crippen LogP contribution < -0.4 is 39.6 Å². The third-order valence-electron chi connectivity index (χ3n) is 6.77. The number of carbonyl (C=O) groups excluding carboxylic acids is 3. The van der Waals surface area contributed by atoms with E-state index in [1.807, 2.05) is 0 Å². The SMILES string of the molecule is COc1cc(OC)c(NC(=O)CSc2cccc(NC(=O)/C(=C\c3cc(OC)c(OC)cc3OC)NC(=O)c3ccccc3)c2)cc1Cl. The van der Waals surface area contributed by atoms with E-state index >= 15 is 0 Å². The van der Waals surface area contributed by atoms with E-state index in [2.05, 4.69) is 16.0 Å². The Morgan fingerprint density at radius 2 is 1.35 bits per heavy atom. The van der Waals surface area contributed by atoms with Gasteiger partial charge in [0.2, 0.25) is 5.91 Å². The smallest absolute Gasteiger partial charge is 0.272 e. The molecule has 13 heteroatoms. The maximum absolute atomic E-state index is 13.7. The summed E-state index contributed by atoms with van der Waals surface area (Å²) >= 11 is 7.48. The van der Waals surface area contributed by atoms with Crippen LogP contribution >= 0.6 is 23.4 Å². The van der Waals surface area contributed by atoms with Crippen LogP contribution in [0.4, 0.5) is 11.4 Å². The number of thioether (sulfide) groups is 1. The second kappa shape index (κ2) is 17.0. The summed E-state index contributed by atoms with van der Waals surface area (Å²) in [5, 5.41) is 8.66. The maximum Gasteiger partial charge on any atom is 0.272 e. The van der Waals surface area contributed by atoms with Gasteiger partial charge in [-0.3, -0.25) is 14.4 Å². The Kier molecular flexibility index (Phi) is 12.6. The average molecular weight is 692 g/mol. The molecule has 0 saturated carbocycles. The van der Waals surface area contributed by atoms with Gasteiger partial charge in [-0.2, -0.15) is 0 Å². The van der Waals surface area contributed by atoms with Gasteiger partial charge in [0.05, 0.1) is 52.0 Å². The fraction of sp³-hybridized carbons (Fsp3) is 0.171. The van der Waals surface area contributed by atoms with Gasteiger partial charge in [-0.15, -0.1) is 11.8 Å². The largest absolute Gasteiger partial charge is 0.496 e. The van der Waals surface area contributed by atoms with Crippen molar-refractivity contribution >= 4 is 58.5 Å². The molecule has 4 rings (SSSR count). The molecule has 4 aromatic carbocycles. The lowest BCUT2D eigenvalue weighted by Gasteiger charge is -2.15. The van der Waals surface area contributed by atoms with Gasteiger partial charge in [-0.25, -0.2) is 0 Å². The highest BCUT2D eigenvalue weighted by Gasteiger charge is 2.19. The van der Waals surface area contributed by atoms with Crippen molar-refractivity contribution in [3.63, 3.8) is 0 Å². The minimum absolute atomic E-state index is 0.0566. The molecule has 0 aromatic heterocycles. The van der Waals surface area contributed by atoms with E-state index in [-0.39, 0.29) is 17.4 Å². The van der Waals surface area contributed by atoms with Gasteiger partial charge in [0.25, 0.3) is 11.8 Å². The summed E-state index contributed by atoms with van der Waals surface area (Å²) in [6.45, 7) is 0. The number of anilines is 2. The van der Waals surface area contributed by atoms with Crippen LogP contribution in [0, 0.1) is 0 Å². The number of rotatable bonds is 14. The Hall–Kier alpha value is -5.33. The number of methoxy groups -OCH3 is 5. The number of halogens is 1. The summed E-state index contributed by atoms with van der Waals surface area (Å²) < 4.78 is 26.9. The normalized spacial score (nSPS) is 10.8. The van der Waals surface area contributed by atoms with Gasteiger partial charge >= 0.3 is 0 Å². The van der Waals surface area contributed by atoms with Gasteiger partial charge in [0.1, 0.15) is 22.9 Å². The average Bonchev–Trinajstić information content (AvgIpc) is 3.10. The van der Waals surface area contributed by atoms with Crippen molar-refractivity contribution in [2.45, 2.75) is 4.90 Å². The first-order valence-electron chi connectivity index (χ1n) is 14.3. The molecule has 0 aliphatic carbocycles. The molecule has 0 bridgehead atoms. The Balaban J connectivity index is 1.54. The molecule has 0 heterocycles. The molecular weight excluding hydrogens is 658 g/mol. The van der Waals surface area contributed by atoms with Crippen LogP contribution in [0.15, 0.2) is 89.5 Å². The predicted octanol–water partition coefficient (Wildman–Crippen LogP) is 6.52. The monoisotopic (exact) mass is 691 g/mol. The molecule has 4 aromatic rings. The third-order valence-corrected chi connectivity index (χ3v) is 8.06. The summed E-state index contributed by atoms with van der Waals surface area (Å²) in [5.41, 5.74) is 1.60. The zero-order valence-electron chi connectivity index (χ0n) is 26.8. The van der Waals surface area contributed by atoms with Crippen LogP contribution in [0.5, 0.6) is 28.7 Å². The molecule has 11 nitrogen and oxygen atoms in total. The van der Waals surface area contributed by atoms with Crippen molar-refractivity contribution in [3.05, 3.63) is 101 Å². The van der Waals surface area contributed by atoms with Gasteiger partial charge in [0.15, 0.2) is 11.5 Å². The minimum atomic E-state index is -0.598. The van der Waals surface area contributed by atoms with Crippen LogP contribution in [0.25, 0.3) is 6.08 Å². The number of hydrogen-bond donors (Lipinski definition) is 3. The molecule has 3 N–H and O–H groups in total. The number of benzene rings is 4. The summed E-state index contributed by atoms with van der Waals surface area (Å²) in [5.74, 6) is 0.711. The van der Waals surface area contributed by atoms with Gasteiger partial charge in [-0.1, -0.05) is 35.9 Å². The number of hydrogen-bond acceptors (Lipinski definition) is 9. The van der Waals surface area contributed by atoms with Gasteiger partial charge < -0.3 is 39.6 Å². The highest BCUT2D eigenvalue weighted by atomic mass is 35.5. The molecule has 0 aliphatic heterocycles. The maximum atomic E-state index is 13.7. The second-order valence-corrected chi connectivity index (χ2v) is 11.3. The Bertz CT molecular complexity index is 1820.